The van der Waals surface area contributed by atoms with Gasteiger partial charge in [0.05, 0.1) is 12.7 Å². The second kappa shape index (κ2) is 14.8. The molecule has 0 radical (unpaired) electrons. The molecule has 2 N–H and O–H groups in total. The maximum absolute atomic E-state index is 9.54. The topological polar surface area (TPSA) is 68.2 Å². The van der Waals surface area contributed by atoms with Crippen LogP contribution in [0.4, 0.5) is 0 Å². The van der Waals surface area contributed by atoms with E-state index in [9.17, 15) is 10.2 Å². The van der Waals surface area contributed by atoms with Crippen molar-refractivity contribution >= 4 is 0 Å². The van der Waals surface area contributed by atoms with Crippen LogP contribution in [0.15, 0.2) is 127 Å². The number of hydrogen-bond donors (Lipinski definition) is 2. The predicted molar refractivity (Wildman–Crippen MR) is 170 cm³/mol. The lowest BCUT2D eigenvalue weighted by Crippen LogP contribution is -2.27. The molecular weight excluding hydrogens is 536 g/mol. The quantitative estimate of drug-likeness (QED) is 0.140. The number of rotatable bonds is 14. The van der Waals surface area contributed by atoms with Crippen LogP contribution in [0, 0.1) is 0 Å². The van der Waals surface area contributed by atoms with Gasteiger partial charge in [-0.3, -0.25) is 0 Å². The predicted octanol–water partition coefficient (Wildman–Crippen LogP) is 8.35. The van der Waals surface area contributed by atoms with Gasteiger partial charge < -0.3 is 24.4 Å². The lowest BCUT2D eigenvalue weighted by molar-refractivity contribution is 0.101. The average Bonchev–Trinajstić information content (AvgIpc) is 3.02. The van der Waals surface area contributed by atoms with Crippen molar-refractivity contribution in [3.8, 4) is 28.7 Å². The second-order valence-electron chi connectivity index (χ2n) is 10.8. The summed E-state index contributed by atoms with van der Waals surface area (Å²) >= 11 is 0. The van der Waals surface area contributed by atoms with E-state index in [1.54, 1.807) is 24.3 Å². The standard InChI is InChI=1S/C38H38O5/c1-28(42-36-19-11-31(12-20-36)26-29-7-15-33(39)16-8-29)25-38(23-24-41-35-5-3-2-4-6-35)43-37-21-13-32(14-22-37)27-30-9-17-34(40)18-10-30/h2-22,28,38-40H,23-27H2,1H3. The summed E-state index contributed by atoms with van der Waals surface area (Å²) in [5.74, 6) is 3.02. The van der Waals surface area contributed by atoms with Crippen LogP contribution < -0.4 is 14.2 Å². The summed E-state index contributed by atoms with van der Waals surface area (Å²) in [7, 11) is 0. The lowest BCUT2D eigenvalue weighted by atomic mass is 10.0. The molecule has 5 aromatic rings. The Morgan fingerprint density at radius 1 is 0.512 bits per heavy atom. The highest BCUT2D eigenvalue weighted by Crippen LogP contribution is 2.23. The van der Waals surface area contributed by atoms with Crippen LogP contribution in [0.3, 0.4) is 0 Å². The largest absolute Gasteiger partial charge is 0.508 e. The zero-order valence-corrected chi connectivity index (χ0v) is 24.4. The highest BCUT2D eigenvalue weighted by atomic mass is 16.5. The molecule has 2 atom stereocenters. The molecule has 5 rings (SSSR count). The van der Waals surface area contributed by atoms with E-state index in [1.165, 1.54) is 11.1 Å². The van der Waals surface area contributed by atoms with Gasteiger partial charge >= 0.3 is 0 Å². The van der Waals surface area contributed by atoms with Crippen molar-refractivity contribution in [2.75, 3.05) is 6.61 Å². The molecule has 5 nitrogen and oxygen atoms in total. The zero-order valence-electron chi connectivity index (χ0n) is 24.4. The summed E-state index contributed by atoms with van der Waals surface area (Å²) < 4.78 is 18.7. The Morgan fingerprint density at radius 3 is 1.44 bits per heavy atom. The van der Waals surface area contributed by atoms with Crippen molar-refractivity contribution in [2.45, 2.75) is 44.8 Å². The monoisotopic (exact) mass is 574 g/mol. The van der Waals surface area contributed by atoms with Crippen molar-refractivity contribution < 1.29 is 24.4 Å². The molecule has 5 heteroatoms. The van der Waals surface area contributed by atoms with Gasteiger partial charge in [0.25, 0.3) is 0 Å². The number of aromatic hydroxyl groups is 2. The summed E-state index contributed by atoms with van der Waals surface area (Å²) in [5.41, 5.74) is 4.64. The first-order chi connectivity index (χ1) is 21.0. The van der Waals surface area contributed by atoms with Crippen LogP contribution in [-0.4, -0.2) is 29.0 Å². The molecule has 2 unspecified atom stereocenters. The summed E-state index contributed by atoms with van der Waals surface area (Å²) in [5, 5.41) is 19.1. The maximum atomic E-state index is 9.54. The molecule has 0 saturated carbocycles. The SMILES string of the molecule is CC(CC(CCOc1ccccc1)Oc1ccc(Cc2ccc(O)cc2)cc1)Oc1ccc(Cc2ccc(O)cc2)cc1. The van der Waals surface area contributed by atoms with Crippen LogP contribution >= 0.6 is 0 Å². The molecule has 0 spiro atoms. The number of phenolic OH excluding ortho intramolecular Hbond substituents is 2. The fourth-order valence-electron chi connectivity index (χ4n) is 4.96. The highest BCUT2D eigenvalue weighted by Gasteiger charge is 2.17. The van der Waals surface area contributed by atoms with Gasteiger partial charge in [-0.1, -0.05) is 66.7 Å². The van der Waals surface area contributed by atoms with Crippen LogP contribution in [0.25, 0.3) is 0 Å². The maximum Gasteiger partial charge on any atom is 0.119 e. The average molecular weight is 575 g/mol. The molecule has 0 saturated heterocycles. The molecule has 0 heterocycles. The smallest absolute Gasteiger partial charge is 0.119 e. The van der Waals surface area contributed by atoms with Crippen molar-refractivity contribution in [1.29, 1.82) is 0 Å². The molecule has 220 valence electrons. The van der Waals surface area contributed by atoms with Gasteiger partial charge in [-0.15, -0.1) is 0 Å². The minimum Gasteiger partial charge on any atom is -0.508 e. The fraction of sp³-hybridized carbons (Fsp3) is 0.211. The number of para-hydroxylation sites is 1. The molecule has 0 bridgehead atoms. The molecule has 5 aromatic carbocycles. The van der Waals surface area contributed by atoms with E-state index in [4.69, 9.17) is 14.2 Å². The van der Waals surface area contributed by atoms with Crippen LogP contribution in [0.1, 0.15) is 42.0 Å². The number of hydrogen-bond acceptors (Lipinski definition) is 5. The van der Waals surface area contributed by atoms with Gasteiger partial charge in [-0.05, 0) is 103 Å². The third-order valence-corrected chi connectivity index (χ3v) is 7.22. The van der Waals surface area contributed by atoms with Crippen molar-refractivity contribution in [1.82, 2.24) is 0 Å². The number of ether oxygens (including phenoxy) is 3. The van der Waals surface area contributed by atoms with Crippen molar-refractivity contribution in [2.24, 2.45) is 0 Å². The minimum atomic E-state index is -0.101. The van der Waals surface area contributed by atoms with E-state index in [2.05, 4.69) is 31.2 Å². The Morgan fingerprint density at radius 2 is 0.953 bits per heavy atom. The second-order valence-corrected chi connectivity index (χ2v) is 10.8. The van der Waals surface area contributed by atoms with Gasteiger partial charge in [-0.25, -0.2) is 0 Å². The summed E-state index contributed by atoms with van der Waals surface area (Å²) in [6.07, 6.45) is 2.81. The first-order valence-corrected chi connectivity index (χ1v) is 14.7. The van der Waals surface area contributed by atoms with Gasteiger partial charge in [0.1, 0.15) is 34.9 Å². The van der Waals surface area contributed by atoms with E-state index in [-0.39, 0.29) is 23.7 Å². The summed E-state index contributed by atoms with van der Waals surface area (Å²) in [6, 6.07) is 40.8. The molecule has 0 fully saturated rings. The van der Waals surface area contributed by atoms with Crippen LogP contribution in [0.5, 0.6) is 28.7 Å². The van der Waals surface area contributed by atoms with E-state index < -0.39 is 0 Å². The fourth-order valence-corrected chi connectivity index (χ4v) is 4.96. The molecule has 0 aliphatic rings. The molecule has 0 aliphatic carbocycles. The van der Waals surface area contributed by atoms with E-state index in [0.29, 0.717) is 19.4 Å². The Balaban J connectivity index is 1.18. The third kappa shape index (κ3) is 9.57. The summed E-state index contributed by atoms with van der Waals surface area (Å²) in [4.78, 5) is 0. The normalized spacial score (nSPS) is 12.3. The van der Waals surface area contributed by atoms with Crippen LogP contribution in [0.2, 0.25) is 0 Å². The van der Waals surface area contributed by atoms with E-state index in [1.807, 2.05) is 78.9 Å². The Hall–Kier alpha value is -4.90. The molecule has 0 aromatic heterocycles. The van der Waals surface area contributed by atoms with E-state index in [0.717, 1.165) is 41.2 Å². The first-order valence-electron chi connectivity index (χ1n) is 14.7. The van der Waals surface area contributed by atoms with Gasteiger partial charge in [0.15, 0.2) is 0 Å². The first kappa shape index (κ1) is 29.6. The third-order valence-electron chi connectivity index (χ3n) is 7.22. The van der Waals surface area contributed by atoms with Crippen molar-refractivity contribution in [3.05, 3.63) is 150 Å². The van der Waals surface area contributed by atoms with Gasteiger partial charge in [-0.2, -0.15) is 0 Å². The van der Waals surface area contributed by atoms with Crippen LogP contribution in [-0.2, 0) is 12.8 Å². The lowest BCUT2D eigenvalue weighted by Gasteiger charge is -2.24. The molecular formula is C38H38O5. The minimum absolute atomic E-state index is 0.0709. The van der Waals surface area contributed by atoms with Crippen molar-refractivity contribution in [3.63, 3.8) is 0 Å². The summed E-state index contributed by atoms with van der Waals surface area (Å²) in [6.45, 7) is 2.60. The Kier molecular flexibility index (Phi) is 10.2. The zero-order chi connectivity index (χ0) is 29.9. The van der Waals surface area contributed by atoms with Gasteiger partial charge in [0.2, 0.25) is 0 Å². The highest BCUT2D eigenvalue weighted by molar-refractivity contribution is 5.35. The molecule has 43 heavy (non-hydrogen) atoms. The molecule has 0 aliphatic heterocycles. The Bertz CT molecular complexity index is 1510. The van der Waals surface area contributed by atoms with Gasteiger partial charge in [0, 0.05) is 12.8 Å². The number of phenols is 2. The Labute approximate surface area is 254 Å². The number of benzene rings is 5. The van der Waals surface area contributed by atoms with E-state index >= 15 is 0 Å². The molecule has 0 amide bonds.